The van der Waals surface area contributed by atoms with E-state index in [1.54, 1.807) is 18.2 Å². The Morgan fingerprint density at radius 1 is 1.06 bits per heavy atom. The fourth-order valence-corrected chi connectivity index (χ4v) is 3.53. The molecule has 2 aromatic heterocycles. The number of aromatic carboxylic acids is 1. The van der Waals surface area contributed by atoms with Crippen molar-refractivity contribution in [3.63, 3.8) is 0 Å². The number of fused-ring (bicyclic) bond motifs is 1. The summed E-state index contributed by atoms with van der Waals surface area (Å²) in [6.45, 7) is 0. The number of carboxylic acid groups (broad SMARTS) is 1. The molecule has 1 aliphatic rings. The first-order chi connectivity index (χ1) is 15.1. The van der Waals surface area contributed by atoms with E-state index in [2.05, 4.69) is 10.3 Å². The number of rotatable bonds is 4. The van der Waals surface area contributed by atoms with Crippen LogP contribution >= 0.6 is 0 Å². The number of nitrogens with zero attached hydrogens (tertiary/aromatic N) is 3. The van der Waals surface area contributed by atoms with Crippen LogP contribution in [0.3, 0.4) is 0 Å². The first kappa shape index (κ1) is 18.6. The molecule has 5 rings (SSSR count). The van der Waals surface area contributed by atoms with Crippen molar-refractivity contribution in [2.75, 3.05) is 5.32 Å². The van der Waals surface area contributed by atoms with E-state index in [1.807, 2.05) is 53.4 Å². The van der Waals surface area contributed by atoms with Crippen LogP contribution in [0.15, 0.2) is 82.8 Å². The monoisotopic (exact) mass is 412 g/mol. The number of aliphatic imine (C=N–C) groups is 1. The van der Waals surface area contributed by atoms with Gasteiger partial charge in [-0.15, -0.1) is 0 Å². The van der Waals surface area contributed by atoms with Crippen molar-refractivity contribution in [3.8, 4) is 17.0 Å². The van der Waals surface area contributed by atoms with Crippen LogP contribution in [-0.4, -0.2) is 32.2 Å². The summed E-state index contributed by atoms with van der Waals surface area (Å²) >= 11 is 0. The second kappa shape index (κ2) is 7.42. The fraction of sp³-hybridized carbons (Fsp3) is 0.0435. The number of nitrogens with one attached hydrogen (secondary N) is 1. The molecule has 0 atom stereocenters. The molecule has 0 bridgehead atoms. The molecular formula is C23H16N4O4. The lowest BCUT2D eigenvalue weighted by molar-refractivity contribution is -0.115. The van der Waals surface area contributed by atoms with E-state index >= 15 is 0 Å². The number of aromatic nitrogens is 2. The summed E-state index contributed by atoms with van der Waals surface area (Å²) in [5, 5.41) is 12.2. The molecule has 1 aliphatic heterocycles. The maximum atomic E-state index is 12.6. The largest absolute Gasteiger partial charge is 0.476 e. The van der Waals surface area contributed by atoms with Crippen molar-refractivity contribution in [2.24, 2.45) is 4.99 Å². The Kier molecular flexibility index (Phi) is 4.44. The third-order valence-corrected chi connectivity index (χ3v) is 4.97. The van der Waals surface area contributed by atoms with Crippen LogP contribution in [0.1, 0.15) is 22.5 Å². The molecule has 0 unspecified atom stereocenters. The van der Waals surface area contributed by atoms with E-state index in [0.717, 1.165) is 12.1 Å². The summed E-state index contributed by atoms with van der Waals surface area (Å²) in [6, 6.07) is 16.6. The van der Waals surface area contributed by atoms with Gasteiger partial charge in [-0.2, -0.15) is 0 Å². The Balaban J connectivity index is 1.55. The second-order valence-electron chi connectivity index (χ2n) is 6.99. The molecule has 0 saturated heterocycles. The molecule has 2 N–H and O–H groups in total. The average molecular weight is 412 g/mol. The van der Waals surface area contributed by atoms with Crippen LogP contribution in [0.25, 0.3) is 17.0 Å². The van der Waals surface area contributed by atoms with Crippen molar-refractivity contribution < 1.29 is 19.1 Å². The number of carbonyl (C=O) groups excluding carboxylic acids is 1. The Hall–Kier alpha value is -4.46. The van der Waals surface area contributed by atoms with E-state index in [4.69, 9.17) is 9.41 Å². The number of amides is 1. The molecular weight excluding hydrogens is 396 g/mol. The Morgan fingerprint density at radius 2 is 1.87 bits per heavy atom. The summed E-state index contributed by atoms with van der Waals surface area (Å²) in [5.74, 6) is -1.20. The van der Waals surface area contributed by atoms with Gasteiger partial charge in [-0.3, -0.25) is 9.79 Å². The number of oxazole rings is 1. The van der Waals surface area contributed by atoms with Crippen molar-refractivity contribution in [1.82, 2.24) is 9.55 Å². The first-order valence-electron chi connectivity index (χ1n) is 9.51. The summed E-state index contributed by atoms with van der Waals surface area (Å²) in [5.41, 5.74) is 3.84. The second-order valence-corrected chi connectivity index (χ2v) is 6.99. The zero-order chi connectivity index (χ0) is 21.4. The maximum Gasteiger partial charge on any atom is 0.358 e. The predicted octanol–water partition coefficient (Wildman–Crippen LogP) is 4.29. The van der Waals surface area contributed by atoms with Crippen LogP contribution in [0.2, 0.25) is 0 Å². The standard InChI is InChI=1S/C23H16N4O4/c28-20-12-18(14-4-3-5-15(10-14)22-21(23(29)30)24-13-31-22)25-17-7-6-16(11-19(17)26-20)27-8-1-2-9-27/h1-11,13H,12H2,(H,26,28)(H,29,30). The number of carbonyl (C=O) groups is 2. The summed E-state index contributed by atoms with van der Waals surface area (Å²) < 4.78 is 7.24. The molecule has 8 nitrogen and oxygen atoms in total. The molecule has 2 aromatic carbocycles. The third-order valence-electron chi connectivity index (χ3n) is 4.97. The Morgan fingerprint density at radius 3 is 2.68 bits per heavy atom. The smallest absolute Gasteiger partial charge is 0.358 e. The van der Waals surface area contributed by atoms with Crippen molar-refractivity contribution >= 4 is 29.0 Å². The quantitative estimate of drug-likeness (QED) is 0.519. The predicted molar refractivity (Wildman–Crippen MR) is 114 cm³/mol. The highest BCUT2D eigenvalue weighted by Crippen LogP contribution is 2.32. The van der Waals surface area contributed by atoms with E-state index in [9.17, 15) is 14.7 Å². The zero-order valence-electron chi connectivity index (χ0n) is 16.1. The molecule has 4 aromatic rings. The molecule has 8 heteroatoms. The van der Waals surface area contributed by atoms with Gasteiger partial charge in [0, 0.05) is 23.6 Å². The lowest BCUT2D eigenvalue weighted by atomic mass is 10.0. The fourth-order valence-electron chi connectivity index (χ4n) is 3.53. The number of carboxylic acids is 1. The van der Waals surface area contributed by atoms with E-state index < -0.39 is 5.97 Å². The highest BCUT2D eigenvalue weighted by atomic mass is 16.4. The maximum absolute atomic E-state index is 12.6. The van der Waals surface area contributed by atoms with Crippen molar-refractivity contribution in [2.45, 2.75) is 6.42 Å². The van der Waals surface area contributed by atoms with Crippen LogP contribution in [0.5, 0.6) is 0 Å². The van der Waals surface area contributed by atoms with Gasteiger partial charge < -0.3 is 19.4 Å². The average Bonchev–Trinajstić information content (AvgIpc) is 3.44. The lowest BCUT2D eigenvalue weighted by Gasteiger charge is -2.08. The minimum atomic E-state index is -1.17. The summed E-state index contributed by atoms with van der Waals surface area (Å²) in [6.07, 6.45) is 5.03. The first-order valence-corrected chi connectivity index (χ1v) is 9.51. The van der Waals surface area contributed by atoms with Gasteiger partial charge in [-0.05, 0) is 42.0 Å². The minimum absolute atomic E-state index is 0.0825. The molecule has 0 fully saturated rings. The molecule has 31 heavy (non-hydrogen) atoms. The lowest BCUT2D eigenvalue weighted by Crippen LogP contribution is -2.15. The highest BCUT2D eigenvalue weighted by Gasteiger charge is 2.21. The summed E-state index contributed by atoms with van der Waals surface area (Å²) in [4.78, 5) is 32.4. The van der Waals surface area contributed by atoms with E-state index in [-0.39, 0.29) is 23.8 Å². The Labute approximate surface area is 176 Å². The van der Waals surface area contributed by atoms with Crippen molar-refractivity contribution in [1.29, 1.82) is 0 Å². The van der Waals surface area contributed by atoms with Gasteiger partial charge in [0.1, 0.15) is 0 Å². The topological polar surface area (TPSA) is 110 Å². The molecule has 0 radical (unpaired) electrons. The SMILES string of the molecule is O=C1CC(c2cccc(-c3ocnc3C(=O)O)c2)=Nc2ccc(-n3cccc3)cc2N1. The molecule has 152 valence electrons. The van der Waals surface area contributed by atoms with E-state index in [1.165, 1.54) is 0 Å². The third kappa shape index (κ3) is 3.51. The van der Waals surface area contributed by atoms with Gasteiger partial charge in [0.2, 0.25) is 5.91 Å². The number of benzene rings is 2. The van der Waals surface area contributed by atoms with Gasteiger partial charge in [0.05, 0.1) is 23.5 Å². The minimum Gasteiger partial charge on any atom is -0.476 e. The molecule has 3 heterocycles. The Bertz CT molecular complexity index is 1340. The van der Waals surface area contributed by atoms with Gasteiger partial charge >= 0.3 is 5.97 Å². The summed E-state index contributed by atoms with van der Waals surface area (Å²) in [7, 11) is 0. The molecule has 1 amide bonds. The molecule has 0 saturated carbocycles. The van der Waals surface area contributed by atoms with Crippen LogP contribution < -0.4 is 5.32 Å². The van der Waals surface area contributed by atoms with Gasteiger partial charge in [0.25, 0.3) is 0 Å². The normalized spacial score (nSPS) is 13.2. The molecule has 0 aliphatic carbocycles. The molecule has 0 spiro atoms. The number of anilines is 1. The number of hydrogen-bond acceptors (Lipinski definition) is 5. The van der Waals surface area contributed by atoms with Crippen LogP contribution in [0, 0.1) is 0 Å². The van der Waals surface area contributed by atoms with Crippen molar-refractivity contribution in [3.05, 3.63) is 84.6 Å². The highest BCUT2D eigenvalue weighted by molar-refractivity contribution is 6.17. The van der Waals surface area contributed by atoms with E-state index in [0.29, 0.717) is 28.2 Å². The zero-order valence-corrected chi connectivity index (χ0v) is 16.1. The van der Waals surface area contributed by atoms with Gasteiger partial charge in [0.15, 0.2) is 17.8 Å². The van der Waals surface area contributed by atoms with Crippen LogP contribution in [0.4, 0.5) is 11.4 Å². The number of hydrogen-bond donors (Lipinski definition) is 2. The van der Waals surface area contributed by atoms with Gasteiger partial charge in [-0.25, -0.2) is 9.78 Å². The van der Waals surface area contributed by atoms with Crippen LogP contribution in [-0.2, 0) is 4.79 Å². The van der Waals surface area contributed by atoms with Gasteiger partial charge in [-0.1, -0.05) is 18.2 Å².